The Balaban J connectivity index is 1.73. The molecule has 0 spiro atoms. The molecule has 4 aliphatic rings. The second-order valence-corrected chi connectivity index (χ2v) is 19.9. The number of azide groups is 1. The Morgan fingerprint density at radius 1 is 0.882 bits per heavy atom. The Labute approximate surface area is 403 Å². The summed E-state index contributed by atoms with van der Waals surface area (Å²) >= 11 is 0. The molecule has 4 rings (SSSR count). The Morgan fingerprint density at radius 3 is 2.26 bits per heavy atom. The van der Waals surface area contributed by atoms with Crippen molar-refractivity contribution in [1.82, 2.24) is 4.90 Å². The molecule has 68 heavy (non-hydrogen) atoms. The van der Waals surface area contributed by atoms with Crippen LogP contribution in [0, 0.1) is 29.6 Å². The van der Waals surface area contributed by atoms with Gasteiger partial charge in [0.25, 0.3) is 11.7 Å². The van der Waals surface area contributed by atoms with Crippen molar-refractivity contribution >= 4 is 23.4 Å². The number of fused-ring (bicyclic) bond motifs is 3. The molecular formula is C51H81N5O12. The van der Waals surface area contributed by atoms with Crippen molar-refractivity contribution in [2.45, 2.75) is 185 Å². The highest BCUT2D eigenvalue weighted by Crippen LogP contribution is 2.37. The predicted molar refractivity (Wildman–Crippen MR) is 257 cm³/mol. The number of hydrogen-bond donors (Lipinski definition) is 3. The predicted octanol–water partition coefficient (Wildman–Crippen LogP) is 6.64. The first-order valence-electron chi connectivity index (χ1n) is 24.6. The largest absolute Gasteiger partial charge is 0.459 e. The van der Waals surface area contributed by atoms with Crippen LogP contribution in [0.15, 0.2) is 52.7 Å². The number of amides is 1. The maximum Gasteiger partial charge on any atom is 0.329 e. The number of cyclic esters (lactones) is 1. The molecule has 1 saturated carbocycles. The Morgan fingerprint density at radius 2 is 1.60 bits per heavy atom. The van der Waals surface area contributed by atoms with Gasteiger partial charge in [0.05, 0.1) is 30.5 Å². The molecular weight excluding hydrogens is 875 g/mol. The van der Waals surface area contributed by atoms with E-state index in [0.717, 1.165) is 5.57 Å². The zero-order valence-electron chi connectivity index (χ0n) is 42.2. The van der Waals surface area contributed by atoms with Gasteiger partial charge < -0.3 is 49.3 Å². The van der Waals surface area contributed by atoms with Crippen molar-refractivity contribution in [3.63, 3.8) is 0 Å². The number of esters is 1. The topological polar surface area (TPSA) is 242 Å². The molecule has 17 heteroatoms. The number of aliphatic hydroxyl groups excluding tert-OH is 1. The number of aliphatic hydroxyl groups is 2. The molecule has 1 amide bonds. The van der Waals surface area contributed by atoms with Gasteiger partial charge in [-0.1, -0.05) is 69.3 Å². The van der Waals surface area contributed by atoms with Crippen LogP contribution in [-0.4, -0.2) is 140 Å². The fourth-order valence-electron chi connectivity index (χ4n) is 10.5. The molecule has 17 nitrogen and oxygen atoms in total. The number of ether oxygens (including phenoxy) is 6. The maximum atomic E-state index is 14.5. The number of piperidine rings is 1. The number of nitrogens with zero attached hydrogens (tertiary/aromatic N) is 4. The number of carbonyl (C=O) groups is 4. The fraction of sp³-hybridized carbons (Fsp3) is 0.765. The van der Waals surface area contributed by atoms with E-state index in [1.54, 1.807) is 28.1 Å². The zero-order valence-corrected chi connectivity index (χ0v) is 42.2. The minimum atomic E-state index is -2.43. The van der Waals surface area contributed by atoms with Crippen molar-refractivity contribution in [3.05, 3.63) is 58.0 Å². The molecule has 4 N–H and O–H groups in total. The molecule has 16 atom stereocenters. The normalized spacial score (nSPS) is 40.0. The van der Waals surface area contributed by atoms with Gasteiger partial charge in [-0.25, -0.2) is 4.79 Å². The second-order valence-electron chi connectivity index (χ2n) is 19.9. The van der Waals surface area contributed by atoms with E-state index in [-0.39, 0.29) is 55.1 Å². The number of methoxy groups -OCH3 is 4. The van der Waals surface area contributed by atoms with E-state index < -0.39 is 84.0 Å². The van der Waals surface area contributed by atoms with Gasteiger partial charge in [0.1, 0.15) is 24.4 Å². The summed E-state index contributed by atoms with van der Waals surface area (Å²) in [5.41, 5.74) is 17.5. The van der Waals surface area contributed by atoms with Crippen molar-refractivity contribution < 1.29 is 57.8 Å². The quantitative estimate of drug-likeness (QED) is 0.0578. The van der Waals surface area contributed by atoms with Crippen molar-refractivity contribution in [1.29, 1.82) is 0 Å². The summed E-state index contributed by atoms with van der Waals surface area (Å²) in [5.74, 6) is -6.99. The van der Waals surface area contributed by atoms with E-state index in [1.807, 2.05) is 64.2 Å². The number of carbonyl (C=O) groups excluding carboxylic acids is 4. The summed E-state index contributed by atoms with van der Waals surface area (Å²) in [4.78, 5) is 61.1. The van der Waals surface area contributed by atoms with Crippen LogP contribution in [-0.2, 0) is 47.6 Å². The third-order valence-corrected chi connectivity index (χ3v) is 14.9. The summed E-state index contributed by atoms with van der Waals surface area (Å²) in [6, 6.07) is -2.17. The van der Waals surface area contributed by atoms with Crippen LogP contribution in [0.25, 0.3) is 10.4 Å². The highest BCUT2D eigenvalue weighted by molar-refractivity contribution is 6.39. The lowest BCUT2D eigenvalue weighted by molar-refractivity contribution is -0.265. The molecule has 3 heterocycles. The smallest absolute Gasteiger partial charge is 0.329 e. The highest BCUT2D eigenvalue weighted by atomic mass is 16.6. The third-order valence-electron chi connectivity index (χ3n) is 14.9. The van der Waals surface area contributed by atoms with Crippen LogP contribution in [0.3, 0.4) is 0 Å². The summed E-state index contributed by atoms with van der Waals surface area (Å²) in [5, 5.41) is 27.5. The van der Waals surface area contributed by atoms with Gasteiger partial charge in [-0.2, -0.15) is 0 Å². The Bertz CT molecular complexity index is 1870. The lowest BCUT2D eigenvalue weighted by Gasteiger charge is -2.43. The average Bonchev–Trinajstić information content (AvgIpc) is 3.32. The first-order valence-corrected chi connectivity index (χ1v) is 24.6. The van der Waals surface area contributed by atoms with Crippen LogP contribution in [0.4, 0.5) is 0 Å². The monoisotopic (exact) mass is 956 g/mol. The van der Waals surface area contributed by atoms with E-state index in [0.29, 0.717) is 69.8 Å². The Hall–Kier alpha value is -3.77. The van der Waals surface area contributed by atoms with E-state index in [4.69, 9.17) is 39.7 Å². The molecule has 2 bridgehead atoms. The molecule has 0 radical (unpaired) electrons. The zero-order chi connectivity index (χ0) is 50.3. The van der Waals surface area contributed by atoms with Gasteiger partial charge in [-0.05, 0) is 107 Å². The highest BCUT2D eigenvalue weighted by Gasteiger charge is 2.53. The molecule has 3 fully saturated rings. The summed E-state index contributed by atoms with van der Waals surface area (Å²) in [6.45, 7) is 11.2. The number of Topliss-reactive ketones (excluding diaryl/α,β-unsaturated/α-hetero) is 2. The average molecular weight is 956 g/mol. The van der Waals surface area contributed by atoms with Crippen molar-refractivity contribution in [2.75, 3.05) is 35.0 Å². The van der Waals surface area contributed by atoms with Gasteiger partial charge in [0.2, 0.25) is 5.79 Å². The lowest BCUT2D eigenvalue weighted by atomic mass is 9.79. The van der Waals surface area contributed by atoms with Gasteiger partial charge in [0, 0.05) is 76.5 Å². The molecule has 3 aliphatic heterocycles. The second kappa shape index (κ2) is 27.0. The number of hydrogen-bond acceptors (Lipinski definition) is 14. The summed E-state index contributed by atoms with van der Waals surface area (Å²) in [7, 11) is 6.10. The minimum absolute atomic E-state index is 0.0303. The Kier molecular flexibility index (Phi) is 22.6. The number of allylic oxidation sites excluding steroid dienone is 5. The summed E-state index contributed by atoms with van der Waals surface area (Å²) in [6.07, 6.45) is 11.7. The molecule has 382 valence electrons. The SMILES string of the molecule is CO[C@H]1C[C@@H]2CC[C@@H](C)[C@@](O)(O2)C(=O)C(=O)N2CCCC[C@H]2C(=O)O[C@H]([C@H](N)C[C@@H]2CCC(N=[N+]=[N-])[C@H](OC)C2)C[C@@H](OC)[C@H](C)/C=C(\C)[C@@H](O)[C@@H](OC)C(=O)[C@H](C)C[C@H](C)/C=C/C=C/C=C/1C. The first-order chi connectivity index (χ1) is 32.3. The first kappa shape index (κ1) is 56.8. The van der Waals surface area contributed by atoms with Gasteiger partial charge in [0.15, 0.2) is 5.78 Å². The summed E-state index contributed by atoms with van der Waals surface area (Å²) < 4.78 is 35.8. The van der Waals surface area contributed by atoms with E-state index in [2.05, 4.69) is 10.0 Å². The van der Waals surface area contributed by atoms with Crippen molar-refractivity contribution in [2.24, 2.45) is 40.4 Å². The van der Waals surface area contributed by atoms with E-state index in [9.17, 15) is 29.4 Å². The number of nitrogens with two attached hydrogens (primary N) is 1. The minimum Gasteiger partial charge on any atom is -0.459 e. The van der Waals surface area contributed by atoms with Crippen LogP contribution >= 0.6 is 0 Å². The standard InChI is InChI=1S/C51H81N5O12/c1-30-16-12-11-13-17-31(2)41(63-7)28-37-21-19-35(6)51(62,68-37)48(59)49(60)56-23-15-14-18-40(56)50(61)67-43(38(52)26-36-20-22-39(54-55-53)44(27-36)65-9)29-42(64-8)32(3)25-34(5)46(58)47(66-10)45(57)33(4)24-30/h11-13,16-17,25,30,32-33,35-44,46-47,58,62H,14-15,18-24,26-29,52H2,1-10H3/b13-11+,16-12+,31-17+,34-25+/t30-,32-,33-,35-,36+,37+,38-,39?,40+,41+,42-,43+,44-,46-,47+,51-/m1/s1. The molecule has 2 saturated heterocycles. The van der Waals surface area contributed by atoms with Crippen LogP contribution in [0.5, 0.6) is 0 Å². The lowest BCUT2D eigenvalue weighted by Crippen LogP contribution is -2.61. The number of ketones is 2. The van der Waals surface area contributed by atoms with Gasteiger partial charge >= 0.3 is 5.97 Å². The molecule has 1 aliphatic carbocycles. The molecule has 0 aromatic rings. The van der Waals surface area contributed by atoms with Crippen LogP contribution < -0.4 is 5.73 Å². The number of rotatable bonds is 8. The maximum absolute atomic E-state index is 14.5. The van der Waals surface area contributed by atoms with Crippen LogP contribution in [0.2, 0.25) is 0 Å². The molecule has 0 aromatic heterocycles. The van der Waals surface area contributed by atoms with Gasteiger partial charge in [-0.15, -0.1) is 0 Å². The third kappa shape index (κ3) is 14.9. The van der Waals surface area contributed by atoms with Crippen molar-refractivity contribution in [3.8, 4) is 0 Å². The fourth-order valence-corrected chi connectivity index (χ4v) is 10.5. The van der Waals surface area contributed by atoms with E-state index >= 15 is 0 Å². The molecule has 0 aromatic carbocycles. The van der Waals surface area contributed by atoms with Crippen LogP contribution in [0.1, 0.15) is 119 Å². The van der Waals surface area contributed by atoms with Gasteiger partial charge in [-0.3, -0.25) is 14.4 Å². The molecule has 1 unspecified atom stereocenters. The van der Waals surface area contributed by atoms with E-state index in [1.165, 1.54) is 19.1 Å².